The summed E-state index contributed by atoms with van der Waals surface area (Å²) in [7, 11) is 3.13. The first-order valence-corrected chi connectivity index (χ1v) is 17.6. The molecule has 0 aliphatic carbocycles. The van der Waals surface area contributed by atoms with Gasteiger partial charge in [0.25, 0.3) is 0 Å². The second-order valence-corrected chi connectivity index (χ2v) is 14.5. The first-order chi connectivity index (χ1) is 17.7. The van der Waals surface area contributed by atoms with E-state index in [1.807, 2.05) is 0 Å². The van der Waals surface area contributed by atoms with Gasteiger partial charge in [0.15, 0.2) is 0 Å². The summed E-state index contributed by atoms with van der Waals surface area (Å²) in [6, 6.07) is 0. The summed E-state index contributed by atoms with van der Waals surface area (Å²) in [4.78, 5) is 0. The van der Waals surface area contributed by atoms with Crippen molar-refractivity contribution < 1.29 is 29.7 Å². The molecule has 0 aromatic heterocycles. The average molecular weight is 585 g/mol. The zero-order valence-electron chi connectivity index (χ0n) is 25.9. The Kier molecular flexibility index (Phi) is 28.9. The van der Waals surface area contributed by atoms with E-state index in [1.165, 1.54) is 83.5 Å². The number of halogens is 2. The van der Waals surface area contributed by atoms with Crippen molar-refractivity contribution >= 4 is 10.0 Å². The number of rotatable bonds is 29. The number of sulfonamides is 1. The summed E-state index contributed by atoms with van der Waals surface area (Å²) in [5, 5.41) is -0.278. The maximum atomic E-state index is 13.0. The van der Waals surface area contributed by atoms with Gasteiger partial charge in [-0.05, 0) is 19.3 Å². The Labute approximate surface area is 244 Å². The van der Waals surface area contributed by atoms with Crippen LogP contribution in [0.3, 0.4) is 0 Å². The molecule has 1 atom stereocenters. The molecule has 1 N–H and O–H groups in total. The molecule has 0 rings (SSSR count). The van der Waals surface area contributed by atoms with Crippen LogP contribution in [0.4, 0.5) is 4.39 Å². The fourth-order valence-electron chi connectivity index (χ4n) is 5.08. The van der Waals surface area contributed by atoms with Gasteiger partial charge in [-0.3, -0.25) is 4.39 Å². The summed E-state index contributed by atoms with van der Waals surface area (Å²) >= 11 is 0. The van der Waals surface area contributed by atoms with E-state index in [0.717, 1.165) is 68.8 Å². The zero-order valence-corrected chi connectivity index (χ0v) is 27.5. The molecule has 38 heavy (non-hydrogen) atoms. The van der Waals surface area contributed by atoms with Crippen molar-refractivity contribution in [2.24, 2.45) is 0 Å². The van der Waals surface area contributed by atoms with Crippen LogP contribution in [0.15, 0.2) is 0 Å². The number of nitrogens with one attached hydrogen (secondary N) is 1. The minimum atomic E-state index is -3.27. The highest BCUT2D eigenvalue weighted by Gasteiger charge is 2.24. The van der Waals surface area contributed by atoms with Gasteiger partial charge in [-0.15, -0.1) is 0 Å². The Balaban J connectivity index is 0. The smallest absolute Gasteiger partial charge is 0.214 e. The molecule has 1 unspecified atom stereocenters. The second-order valence-electron chi connectivity index (χ2n) is 12.4. The highest BCUT2D eigenvalue weighted by molar-refractivity contribution is 7.90. The van der Waals surface area contributed by atoms with Crippen molar-refractivity contribution in [3.05, 3.63) is 0 Å². The van der Waals surface area contributed by atoms with Gasteiger partial charge in [0.2, 0.25) is 10.0 Å². The lowest BCUT2D eigenvalue weighted by Crippen LogP contribution is -3.00. The number of quaternary nitrogens is 1. The number of hydrogen-bond donors (Lipinski definition) is 1. The van der Waals surface area contributed by atoms with Crippen LogP contribution >= 0.6 is 0 Å². The van der Waals surface area contributed by atoms with Gasteiger partial charge >= 0.3 is 0 Å². The average Bonchev–Trinajstić information content (AvgIpc) is 2.84. The highest BCUT2D eigenvalue weighted by Crippen LogP contribution is 2.20. The molecule has 0 aromatic carbocycles. The highest BCUT2D eigenvalue weighted by atomic mass is 35.5. The fourth-order valence-corrected chi connectivity index (χ4v) is 6.70. The molecule has 0 aliphatic heterocycles. The Morgan fingerprint density at radius 1 is 0.605 bits per heavy atom. The van der Waals surface area contributed by atoms with Crippen LogP contribution in [0.5, 0.6) is 0 Å². The van der Waals surface area contributed by atoms with Crippen LogP contribution in [-0.4, -0.2) is 59.1 Å². The molecule has 0 saturated carbocycles. The molecule has 0 heterocycles. The summed E-state index contributed by atoms with van der Waals surface area (Å²) in [6.07, 6.45) is 26.7. The van der Waals surface area contributed by atoms with Crippen LogP contribution in [0, 0.1) is 0 Å². The predicted octanol–water partition coefficient (Wildman–Crippen LogP) is 5.95. The third-order valence-electron chi connectivity index (χ3n) is 7.54. The molecule has 232 valence electrons. The maximum absolute atomic E-state index is 13.0. The van der Waals surface area contributed by atoms with E-state index in [1.54, 1.807) is 0 Å². The first kappa shape index (κ1) is 40.2. The van der Waals surface area contributed by atoms with Crippen molar-refractivity contribution in [2.75, 3.05) is 40.9 Å². The molecule has 0 spiro atoms. The van der Waals surface area contributed by atoms with Gasteiger partial charge in [-0.1, -0.05) is 129 Å². The summed E-state index contributed by atoms with van der Waals surface area (Å²) in [6.45, 7) is 3.52. The predicted molar refractivity (Wildman–Crippen MR) is 161 cm³/mol. The molecule has 0 radical (unpaired) electrons. The lowest BCUT2D eigenvalue weighted by molar-refractivity contribution is -0.870. The minimum Gasteiger partial charge on any atom is -1.00 e. The SMILES string of the molecule is CCCCCCCCCCCCCCCCCC(CCCCCCCF)S(=O)(=O)NCCC[N+](C)(C)C.[Cl-]. The number of unbranched alkanes of at least 4 members (excludes halogenated alkanes) is 18. The largest absolute Gasteiger partial charge is 1.00 e. The topological polar surface area (TPSA) is 46.2 Å². The molecule has 0 saturated heterocycles. The monoisotopic (exact) mass is 584 g/mol. The molecule has 0 fully saturated rings. The lowest BCUT2D eigenvalue weighted by atomic mass is 10.0. The summed E-state index contributed by atoms with van der Waals surface area (Å²) < 4.78 is 42.1. The molecular formula is C31H66ClFN2O2S. The molecule has 0 aromatic rings. The lowest BCUT2D eigenvalue weighted by Gasteiger charge is -2.24. The second kappa shape index (κ2) is 27.3. The van der Waals surface area contributed by atoms with E-state index >= 15 is 0 Å². The molecule has 0 aliphatic rings. The van der Waals surface area contributed by atoms with Crippen molar-refractivity contribution in [1.82, 2.24) is 4.72 Å². The quantitative estimate of drug-likeness (QED) is 0.0872. The molecule has 4 nitrogen and oxygen atoms in total. The number of alkyl halides is 1. The van der Waals surface area contributed by atoms with E-state index < -0.39 is 10.0 Å². The molecular weight excluding hydrogens is 519 g/mol. The van der Waals surface area contributed by atoms with Gasteiger partial charge in [-0.2, -0.15) is 0 Å². The zero-order chi connectivity index (χ0) is 27.7. The van der Waals surface area contributed by atoms with E-state index in [0.29, 0.717) is 13.0 Å². The number of nitrogens with zero attached hydrogens (tertiary/aromatic N) is 1. The first-order valence-electron chi connectivity index (χ1n) is 16.1. The van der Waals surface area contributed by atoms with Gasteiger partial charge in [0.05, 0.1) is 39.6 Å². The van der Waals surface area contributed by atoms with Crippen molar-refractivity contribution in [1.29, 1.82) is 0 Å². The molecule has 0 bridgehead atoms. The van der Waals surface area contributed by atoms with E-state index in [4.69, 9.17) is 0 Å². The Bertz CT molecular complexity index is 585. The van der Waals surface area contributed by atoms with E-state index in [-0.39, 0.29) is 24.3 Å². The van der Waals surface area contributed by atoms with Crippen molar-refractivity contribution in [3.8, 4) is 0 Å². The Morgan fingerprint density at radius 3 is 1.34 bits per heavy atom. The summed E-state index contributed by atoms with van der Waals surface area (Å²) in [5.74, 6) is 0. The van der Waals surface area contributed by atoms with Crippen LogP contribution in [0.1, 0.15) is 155 Å². The third kappa shape index (κ3) is 27.6. The van der Waals surface area contributed by atoms with Gasteiger partial charge in [-0.25, -0.2) is 13.1 Å². The van der Waals surface area contributed by atoms with E-state index in [9.17, 15) is 12.8 Å². The van der Waals surface area contributed by atoms with Crippen molar-refractivity contribution in [3.63, 3.8) is 0 Å². The van der Waals surface area contributed by atoms with Crippen LogP contribution < -0.4 is 17.1 Å². The van der Waals surface area contributed by atoms with Crippen LogP contribution in [0.2, 0.25) is 0 Å². The Hall–Kier alpha value is 0.0900. The van der Waals surface area contributed by atoms with E-state index in [2.05, 4.69) is 32.8 Å². The normalized spacial score (nSPS) is 13.0. The number of hydrogen-bond acceptors (Lipinski definition) is 2. The van der Waals surface area contributed by atoms with Gasteiger partial charge in [0.1, 0.15) is 0 Å². The van der Waals surface area contributed by atoms with Gasteiger partial charge in [0, 0.05) is 13.0 Å². The standard InChI is InChI=1S/C31H66FN2O2S.ClH/c1-5-6-7-8-9-10-11-12-13-14-15-16-17-19-22-26-31(27-23-20-18-21-24-28-32)37(35,36)33-29-25-30-34(2,3)4;/h31,33H,5-30H2,1-4H3;1H/q+1;/p-1. The van der Waals surface area contributed by atoms with Crippen LogP contribution in [-0.2, 0) is 10.0 Å². The van der Waals surface area contributed by atoms with Crippen molar-refractivity contribution in [2.45, 2.75) is 160 Å². The maximum Gasteiger partial charge on any atom is 0.214 e. The molecule has 0 amide bonds. The Morgan fingerprint density at radius 2 is 0.974 bits per heavy atom. The summed E-state index contributed by atoms with van der Waals surface area (Å²) in [5.41, 5.74) is 0. The third-order valence-corrected chi connectivity index (χ3v) is 9.49. The molecule has 7 heteroatoms. The minimum absolute atomic E-state index is 0. The van der Waals surface area contributed by atoms with Crippen LogP contribution in [0.25, 0.3) is 0 Å². The van der Waals surface area contributed by atoms with Gasteiger partial charge < -0.3 is 16.9 Å². The fraction of sp³-hybridized carbons (Fsp3) is 1.00.